The molecule has 0 heterocycles. The third-order valence-corrected chi connectivity index (χ3v) is 5.04. The number of alkyl halides is 2. The summed E-state index contributed by atoms with van der Waals surface area (Å²) < 4.78 is 40.0. The van der Waals surface area contributed by atoms with Crippen molar-refractivity contribution in [3.8, 4) is 17.2 Å². The molecule has 0 aliphatic carbocycles. The van der Waals surface area contributed by atoms with Gasteiger partial charge in [0.25, 0.3) is 0 Å². The van der Waals surface area contributed by atoms with E-state index < -0.39 is 6.61 Å². The third kappa shape index (κ3) is 6.31. The van der Waals surface area contributed by atoms with Crippen LogP contribution in [0.2, 0.25) is 5.02 Å². The Morgan fingerprint density at radius 1 is 1.03 bits per heavy atom. The van der Waals surface area contributed by atoms with E-state index in [9.17, 15) is 13.6 Å². The Labute approximate surface area is 190 Å². The monoisotopic (exact) mass is 458 g/mol. The average Bonchev–Trinajstić information content (AvgIpc) is 2.78. The van der Waals surface area contributed by atoms with Crippen LogP contribution in [0.5, 0.6) is 17.2 Å². The van der Waals surface area contributed by atoms with Gasteiger partial charge in [-0.2, -0.15) is 8.78 Å². The van der Waals surface area contributed by atoms with E-state index in [1.165, 1.54) is 30.3 Å². The fraction of sp³-hybridized carbons (Fsp3) is 0.160. The van der Waals surface area contributed by atoms with Crippen LogP contribution < -0.4 is 14.2 Å². The number of aryl methyl sites for hydroxylation is 1. The van der Waals surface area contributed by atoms with Gasteiger partial charge < -0.3 is 14.2 Å². The third-order valence-electron chi connectivity index (χ3n) is 4.62. The lowest BCUT2D eigenvalue weighted by Crippen LogP contribution is -2.02. The van der Waals surface area contributed by atoms with Crippen LogP contribution in [-0.4, -0.2) is 19.5 Å². The van der Waals surface area contributed by atoms with Crippen molar-refractivity contribution in [3.05, 3.63) is 94.0 Å². The van der Waals surface area contributed by atoms with E-state index in [2.05, 4.69) is 4.74 Å². The number of rotatable bonds is 9. The van der Waals surface area contributed by atoms with Crippen LogP contribution in [0.15, 0.2) is 66.7 Å². The smallest absolute Gasteiger partial charge is 0.387 e. The average molecular weight is 459 g/mol. The van der Waals surface area contributed by atoms with Crippen molar-refractivity contribution in [1.29, 1.82) is 0 Å². The molecule has 3 aromatic carbocycles. The molecule has 0 aromatic heterocycles. The van der Waals surface area contributed by atoms with Crippen molar-refractivity contribution in [2.75, 3.05) is 7.11 Å². The number of carbonyl (C=O) groups excluding carboxylic acids is 1. The Morgan fingerprint density at radius 3 is 2.41 bits per heavy atom. The van der Waals surface area contributed by atoms with Crippen molar-refractivity contribution in [3.63, 3.8) is 0 Å². The van der Waals surface area contributed by atoms with Crippen LogP contribution in [0, 0.1) is 6.92 Å². The zero-order valence-electron chi connectivity index (χ0n) is 17.5. The van der Waals surface area contributed by atoms with Crippen LogP contribution in [0.25, 0.3) is 6.08 Å². The van der Waals surface area contributed by atoms with Gasteiger partial charge in [0.1, 0.15) is 23.9 Å². The van der Waals surface area contributed by atoms with Gasteiger partial charge in [-0.15, -0.1) is 0 Å². The fourth-order valence-electron chi connectivity index (χ4n) is 2.95. The molecule has 0 atom stereocenters. The summed E-state index contributed by atoms with van der Waals surface area (Å²) in [6.07, 6.45) is 3.08. The molecule has 4 nitrogen and oxygen atoms in total. The van der Waals surface area contributed by atoms with Crippen LogP contribution in [0.3, 0.4) is 0 Å². The molecule has 0 amide bonds. The largest absolute Gasteiger partial charge is 0.496 e. The van der Waals surface area contributed by atoms with Crippen molar-refractivity contribution in [1.82, 2.24) is 0 Å². The number of benzene rings is 3. The normalized spacial score (nSPS) is 11.1. The first-order chi connectivity index (χ1) is 15.4. The molecule has 0 N–H and O–H groups in total. The van der Waals surface area contributed by atoms with Gasteiger partial charge in [-0.25, -0.2) is 0 Å². The lowest BCUT2D eigenvalue weighted by Gasteiger charge is -2.12. The molecule has 166 valence electrons. The number of hydrogen-bond donors (Lipinski definition) is 0. The van der Waals surface area contributed by atoms with Gasteiger partial charge >= 0.3 is 6.61 Å². The Balaban J connectivity index is 1.70. The van der Waals surface area contributed by atoms with E-state index in [1.807, 2.05) is 25.1 Å². The molecule has 0 aliphatic heterocycles. The molecule has 0 saturated heterocycles. The number of methoxy groups -OCH3 is 1. The van der Waals surface area contributed by atoms with E-state index in [4.69, 9.17) is 21.1 Å². The number of allylic oxidation sites excluding steroid dienone is 1. The topological polar surface area (TPSA) is 44.8 Å². The molecule has 3 aromatic rings. The summed E-state index contributed by atoms with van der Waals surface area (Å²) >= 11 is 6.05. The van der Waals surface area contributed by atoms with Gasteiger partial charge in [0.05, 0.1) is 7.11 Å². The Bertz CT molecular complexity index is 1110. The summed E-state index contributed by atoms with van der Waals surface area (Å²) in [6, 6.07) is 16.4. The summed E-state index contributed by atoms with van der Waals surface area (Å²) in [5.41, 5.74) is 2.86. The minimum absolute atomic E-state index is 0.00351. The first kappa shape index (κ1) is 23.3. The van der Waals surface area contributed by atoms with Gasteiger partial charge in [0.15, 0.2) is 5.78 Å². The second-order valence-electron chi connectivity index (χ2n) is 6.87. The molecule has 7 heteroatoms. The molecule has 32 heavy (non-hydrogen) atoms. The Hall–Kier alpha value is -3.38. The van der Waals surface area contributed by atoms with Gasteiger partial charge in [-0.3, -0.25) is 4.79 Å². The van der Waals surface area contributed by atoms with Crippen LogP contribution in [-0.2, 0) is 6.61 Å². The van der Waals surface area contributed by atoms with E-state index in [-0.39, 0.29) is 18.1 Å². The summed E-state index contributed by atoms with van der Waals surface area (Å²) in [7, 11) is 1.58. The van der Waals surface area contributed by atoms with Crippen molar-refractivity contribution in [2.24, 2.45) is 0 Å². The molecule has 0 bridgehead atoms. The van der Waals surface area contributed by atoms with Crippen molar-refractivity contribution < 1.29 is 27.8 Å². The molecule has 0 saturated carbocycles. The van der Waals surface area contributed by atoms with Crippen LogP contribution in [0.1, 0.15) is 27.0 Å². The standard InChI is InChI=1S/C25H21ClF2O4/c1-16-13-21(9-10-22(16)26)31-15-19-14-17(4-12-24(19)30-2)3-11-23(29)18-5-7-20(8-6-18)32-25(27)28/h3-14,25H,15H2,1-2H3/b11-3+. The van der Waals surface area contributed by atoms with Crippen molar-refractivity contribution >= 4 is 23.5 Å². The van der Waals surface area contributed by atoms with Gasteiger partial charge in [-0.05, 0) is 78.7 Å². The molecule has 0 spiro atoms. The maximum absolute atomic E-state index is 12.4. The molecule has 3 rings (SSSR count). The highest BCUT2D eigenvalue weighted by atomic mass is 35.5. The van der Waals surface area contributed by atoms with Crippen molar-refractivity contribution in [2.45, 2.75) is 20.1 Å². The first-order valence-corrected chi connectivity index (χ1v) is 10.1. The maximum atomic E-state index is 12.4. The van der Waals surface area contributed by atoms with Crippen LogP contribution >= 0.6 is 11.6 Å². The minimum Gasteiger partial charge on any atom is -0.496 e. The quantitative estimate of drug-likeness (QED) is 0.263. The van der Waals surface area contributed by atoms with Gasteiger partial charge in [0.2, 0.25) is 0 Å². The maximum Gasteiger partial charge on any atom is 0.387 e. The molecule has 0 unspecified atom stereocenters. The number of halogens is 3. The van der Waals surface area contributed by atoms with E-state index in [0.717, 1.165) is 16.7 Å². The minimum atomic E-state index is -2.91. The van der Waals surface area contributed by atoms with Crippen LogP contribution in [0.4, 0.5) is 8.78 Å². The highest BCUT2D eigenvalue weighted by Crippen LogP contribution is 2.25. The molecule has 0 fully saturated rings. The fourth-order valence-corrected chi connectivity index (χ4v) is 3.07. The number of ketones is 1. The number of carbonyl (C=O) groups is 1. The highest BCUT2D eigenvalue weighted by Gasteiger charge is 2.08. The van der Waals surface area contributed by atoms with E-state index in [1.54, 1.807) is 31.4 Å². The number of ether oxygens (including phenoxy) is 3. The predicted molar refractivity (Wildman–Crippen MR) is 120 cm³/mol. The summed E-state index contributed by atoms with van der Waals surface area (Å²) in [5.74, 6) is 1.08. The summed E-state index contributed by atoms with van der Waals surface area (Å²) in [6.45, 7) is -0.739. The van der Waals surface area contributed by atoms with E-state index >= 15 is 0 Å². The Morgan fingerprint density at radius 2 is 1.75 bits per heavy atom. The first-order valence-electron chi connectivity index (χ1n) is 9.69. The molecule has 0 radical (unpaired) electrons. The molecule has 0 aliphatic rings. The zero-order chi connectivity index (χ0) is 23.1. The zero-order valence-corrected chi connectivity index (χ0v) is 18.2. The highest BCUT2D eigenvalue weighted by molar-refractivity contribution is 6.31. The predicted octanol–water partition coefficient (Wildman–Crippen LogP) is 6.73. The lowest BCUT2D eigenvalue weighted by molar-refractivity contribution is -0.0498. The Kier molecular flexibility index (Phi) is 7.84. The van der Waals surface area contributed by atoms with Gasteiger partial charge in [-0.1, -0.05) is 23.7 Å². The lowest BCUT2D eigenvalue weighted by atomic mass is 10.1. The van der Waals surface area contributed by atoms with E-state index in [0.29, 0.717) is 22.1 Å². The summed E-state index contributed by atoms with van der Waals surface area (Å²) in [5, 5.41) is 0.669. The summed E-state index contributed by atoms with van der Waals surface area (Å²) in [4.78, 5) is 12.4. The second-order valence-corrected chi connectivity index (χ2v) is 7.28. The van der Waals surface area contributed by atoms with Gasteiger partial charge in [0, 0.05) is 16.1 Å². The number of hydrogen-bond acceptors (Lipinski definition) is 4. The molecular weight excluding hydrogens is 438 g/mol. The molecular formula is C25H21ClF2O4. The SMILES string of the molecule is COc1ccc(/C=C/C(=O)c2ccc(OC(F)F)cc2)cc1COc1ccc(Cl)c(C)c1. The second kappa shape index (κ2) is 10.8.